The molecule has 2 N–H and O–H groups in total. The summed E-state index contributed by atoms with van der Waals surface area (Å²) < 4.78 is 21.6. The van der Waals surface area contributed by atoms with Gasteiger partial charge in [0.1, 0.15) is 30.7 Å². The van der Waals surface area contributed by atoms with Crippen molar-refractivity contribution in [2.45, 2.75) is 44.7 Å². The number of benzene rings is 3. The average molecular weight is 599 g/mol. The number of carbonyl (C=O) groups excluding carboxylic acids is 3. The van der Waals surface area contributed by atoms with E-state index < -0.39 is 30.2 Å². The maximum absolute atomic E-state index is 13.6. The lowest BCUT2D eigenvalue weighted by Crippen LogP contribution is -2.57. The highest BCUT2D eigenvalue weighted by Crippen LogP contribution is 2.24. The van der Waals surface area contributed by atoms with Gasteiger partial charge in [0.25, 0.3) is 0 Å². The number of amides is 3. The van der Waals surface area contributed by atoms with Crippen LogP contribution in [0.25, 0.3) is 11.3 Å². The largest absolute Gasteiger partial charge is 0.497 e. The van der Waals surface area contributed by atoms with E-state index in [1.54, 1.807) is 13.2 Å². The van der Waals surface area contributed by atoms with Crippen LogP contribution in [-0.2, 0) is 34.0 Å². The Balaban J connectivity index is 1.25. The number of nitrogens with zero attached hydrogens (tertiary/aromatic N) is 2. The lowest BCUT2D eigenvalue weighted by atomic mass is 10.0. The van der Waals surface area contributed by atoms with Crippen molar-refractivity contribution in [2.75, 3.05) is 13.7 Å². The van der Waals surface area contributed by atoms with Crippen LogP contribution in [0.5, 0.6) is 5.75 Å². The average Bonchev–Trinajstić information content (AvgIpc) is 3.76. The summed E-state index contributed by atoms with van der Waals surface area (Å²) in [5, 5.41) is 9.60. The molecule has 1 aliphatic rings. The van der Waals surface area contributed by atoms with Gasteiger partial charge in [-0.1, -0.05) is 65.8 Å². The minimum atomic E-state index is -1.10. The maximum atomic E-state index is 13.6. The van der Waals surface area contributed by atoms with E-state index in [9.17, 15) is 14.4 Å². The van der Waals surface area contributed by atoms with Crippen LogP contribution in [0.15, 0.2) is 95.5 Å². The molecule has 0 aliphatic carbocycles. The number of aromatic nitrogens is 1. The molecule has 1 saturated heterocycles. The monoisotopic (exact) mass is 598 g/mol. The zero-order valence-electron chi connectivity index (χ0n) is 24.3. The fourth-order valence-electron chi connectivity index (χ4n) is 4.97. The summed E-state index contributed by atoms with van der Waals surface area (Å²) in [5.41, 5.74) is 3.06. The Labute approximate surface area is 255 Å². The molecule has 0 spiro atoms. The van der Waals surface area contributed by atoms with E-state index in [0.29, 0.717) is 30.8 Å². The second-order valence-corrected chi connectivity index (χ2v) is 10.3. The first kappa shape index (κ1) is 30.1. The third-order valence-corrected chi connectivity index (χ3v) is 7.27. The van der Waals surface area contributed by atoms with Crippen molar-refractivity contribution >= 4 is 18.1 Å². The number of hydrogen-bond donors (Lipinski definition) is 2. The van der Waals surface area contributed by atoms with E-state index in [0.717, 1.165) is 22.4 Å². The van der Waals surface area contributed by atoms with Crippen LogP contribution in [0, 0.1) is 0 Å². The molecule has 5 rings (SSSR count). The SMILES string of the molecule is COc1ccc(-c2cc(CNC(=O)[C@@H](NC(=O)OCc3ccccc3)C3CCCN3C(=O)OCc3ccccc3)on2)cc1. The van der Waals surface area contributed by atoms with E-state index in [1.165, 1.54) is 4.90 Å². The van der Waals surface area contributed by atoms with E-state index in [4.69, 9.17) is 18.7 Å². The molecule has 1 unspecified atom stereocenters. The number of ether oxygens (including phenoxy) is 3. The van der Waals surface area contributed by atoms with Gasteiger partial charge in [-0.05, 0) is 48.2 Å². The molecule has 228 valence electrons. The van der Waals surface area contributed by atoms with Crippen molar-refractivity contribution in [3.05, 3.63) is 108 Å². The van der Waals surface area contributed by atoms with Crippen molar-refractivity contribution in [2.24, 2.45) is 0 Å². The van der Waals surface area contributed by atoms with Crippen molar-refractivity contribution < 1.29 is 33.1 Å². The van der Waals surface area contributed by atoms with E-state index >= 15 is 0 Å². The Hall–Kier alpha value is -5.32. The molecule has 0 radical (unpaired) electrons. The quantitative estimate of drug-likeness (QED) is 0.245. The molecule has 44 heavy (non-hydrogen) atoms. The normalized spacial score (nSPS) is 14.8. The molecular weight excluding hydrogens is 564 g/mol. The maximum Gasteiger partial charge on any atom is 0.410 e. The van der Waals surface area contributed by atoms with Gasteiger partial charge in [-0.15, -0.1) is 0 Å². The van der Waals surface area contributed by atoms with E-state index in [2.05, 4.69) is 15.8 Å². The Bertz CT molecular complexity index is 1530. The fraction of sp³-hybridized carbons (Fsp3) is 0.273. The summed E-state index contributed by atoms with van der Waals surface area (Å²) in [5.74, 6) is 0.632. The highest BCUT2D eigenvalue weighted by atomic mass is 16.6. The summed E-state index contributed by atoms with van der Waals surface area (Å²) in [6.45, 7) is 0.523. The van der Waals surface area contributed by atoms with E-state index in [-0.39, 0.29) is 19.8 Å². The summed E-state index contributed by atoms with van der Waals surface area (Å²) in [6, 6.07) is 25.8. The molecular formula is C33H34N4O7. The number of likely N-dealkylation sites (tertiary alicyclic amines) is 1. The van der Waals surface area contributed by atoms with Gasteiger partial charge >= 0.3 is 12.2 Å². The van der Waals surface area contributed by atoms with Gasteiger partial charge in [-0.25, -0.2) is 9.59 Å². The van der Waals surface area contributed by atoms with Gasteiger partial charge in [-0.2, -0.15) is 0 Å². The van der Waals surface area contributed by atoms with Crippen molar-refractivity contribution in [1.29, 1.82) is 0 Å². The standard InChI is InChI=1S/C33H34N4O7/c1-41-26-16-14-25(15-17-26)28-19-27(44-36-28)20-34-31(38)30(35-32(39)42-21-23-9-4-2-5-10-23)29-13-8-18-37(29)33(40)43-22-24-11-6-3-7-12-24/h2-7,9-12,14-17,19,29-30H,8,13,18,20-22H2,1H3,(H,34,38)(H,35,39)/t29?,30-/m0/s1. The third-order valence-electron chi connectivity index (χ3n) is 7.27. The molecule has 1 aliphatic heterocycles. The van der Waals surface area contributed by atoms with Crippen molar-refractivity contribution in [3.63, 3.8) is 0 Å². The Morgan fingerprint density at radius 3 is 2.25 bits per heavy atom. The molecule has 2 heterocycles. The summed E-state index contributed by atoms with van der Waals surface area (Å²) in [6.07, 6.45) is -0.211. The number of methoxy groups -OCH3 is 1. The molecule has 11 nitrogen and oxygen atoms in total. The Morgan fingerprint density at radius 2 is 1.59 bits per heavy atom. The van der Waals surface area contributed by atoms with Crippen LogP contribution >= 0.6 is 0 Å². The first-order valence-corrected chi connectivity index (χ1v) is 14.3. The second-order valence-electron chi connectivity index (χ2n) is 10.3. The number of nitrogens with one attached hydrogen (secondary N) is 2. The molecule has 1 fully saturated rings. The summed E-state index contributed by atoms with van der Waals surface area (Å²) in [4.78, 5) is 41.0. The first-order chi connectivity index (χ1) is 21.5. The lowest BCUT2D eigenvalue weighted by Gasteiger charge is -2.30. The minimum Gasteiger partial charge on any atom is -0.497 e. The van der Waals surface area contributed by atoms with Gasteiger partial charge < -0.3 is 34.3 Å². The number of alkyl carbamates (subject to hydrolysis) is 1. The highest BCUT2D eigenvalue weighted by Gasteiger charge is 2.40. The molecule has 0 bridgehead atoms. The highest BCUT2D eigenvalue weighted by molar-refractivity contribution is 5.87. The molecule has 2 atom stereocenters. The van der Waals surface area contributed by atoms with Gasteiger partial charge in [0, 0.05) is 18.2 Å². The molecule has 3 aromatic carbocycles. The number of hydrogen-bond acceptors (Lipinski definition) is 8. The number of rotatable bonds is 11. The van der Waals surface area contributed by atoms with Gasteiger partial charge in [-0.3, -0.25) is 4.79 Å². The second kappa shape index (κ2) is 14.7. The molecule has 0 saturated carbocycles. The Kier molecular flexibility index (Phi) is 10.1. The van der Waals surface area contributed by atoms with Crippen LogP contribution in [-0.4, -0.2) is 53.9 Å². The summed E-state index contributed by atoms with van der Waals surface area (Å²) >= 11 is 0. The first-order valence-electron chi connectivity index (χ1n) is 14.3. The molecule has 11 heteroatoms. The zero-order valence-corrected chi connectivity index (χ0v) is 24.3. The van der Waals surface area contributed by atoms with Gasteiger partial charge in [0.2, 0.25) is 5.91 Å². The predicted molar refractivity (Wildman–Crippen MR) is 160 cm³/mol. The smallest absolute Gasteiger partial charge is 0.410 e. The van der Waals surface area contributed by atoms with Crippen LogP contribution in [0.1, 0.15) is 29.7 Å². The fourth-order valence-corrected chi connectivity index (χ4v) is 4.97. The molecule has 4 aromatic rings. The minimum absolute atomic E-state index is 0.0183. The molecule has 1 aromatic heterocycles. The third kappa shape index (κ3) is 7.94. The summed E-state index contributed by atoms with van der Waals surface area (Å²) in [7, 11) is 1.59. The van der Waals surface area contributed by atoms with Gasteiger partial charge in [0.15, 0.2) is 5.76 Å². The van der Waals surface area contributed by atoms with Crippen LogP contribution in [0.4, 0.5) is 9.59 Å². The van der Waals surface area contributed by atoms with Gasteiger partial charge in [0.05, 0.1) is 19.7 Å². The number of carbonyl (C=O) groups is 3. The molecule has 3 amide bonds. The van der Waals surface area contributed by atoms with E-state index in [1.807, 2.05) is 84.9 Å². The lowest BCUT2D eigenvalue weighted by molar-refractivity contribution is -0.124. The Morgan fingerprint density at radius 1 is 0.932 bits per heavy atom. The topological polar surface area (TPSA) is 132 Å². The van der Waals surface area contributed by atoms with Crippen molar-refractivity contribution in [1.82, 2.24) is 20.7 Å². The van der Waals surface area contributed by atoms with Crippen molar-refractivity contribution in [3.8, 4) is 17.0 Å². The van der Waals surface area contributed by atoms with Crippen LogP contribution < -0.4 is 15.4 Å². The van der Waals surface area contributed by atoms with Crippen LogP contribution in [0.3, 0.4) is 0 Å². The predicted octanol–water partition coefficient (Wildman–Crippen LogP) is 5.06. The zero-order chi connectivity index (χ0) is 30.7. The van der Waals surface area contributed by atoms with Crippen LogP contribution in [0.2, 0.25) is 0 Å².